The molecule has 0 saturated carbocycles. The van der Waals surface area contributed by atoms with E-state index in [1.807, 2.05) is 41.1 Å². The summed E-state index contributed by atoms with van der Waals surface area (Å²) in [6, 6.07) is 9.53. The number of carbonyl (C=O) groups is 1. The Labute approximate surface area is 121 Å². The van der Waals surface area contributed by atoms with E-state index in [0.29, 0.717) is 18.0 Å². The van der Waals surface area contributed by atoms with Crippen LogP contribution < -0.4 is 11.1 Å². The number of benzene rings is 1. The number of carbonyl (C=O) groups excluding carboxylic acids is 1. The second-order valence-corrected chi connectivity index (χ2v) is 5.37. The van der Waals surface area contributed by atoms with Crippen molar-refractivity contribution >= 4 is 34.5 Å². The van der Waals surface area contributed by atoms with Gasteiger partial charge in [-0.25, -0.2) is 0 Å². The fourth-order valence-electron chi connectivity index (χ4n) is 1.68. The minimum atomic E-state index is 0.0131. The largest absolute Gasteiger partial charge is 0.389 e. The standard InChI is InChI=1S/C14H14N2OS2/c15-14(18)12-3-1-2-10(6-12)8-16-13(17)7-11-4-5-19-9-11/h1-6,9H,7-8H2,(H2,15,18)(H,16,17). The Morgan fingerprint density at radius 2 is 2.16 bits per heavy atom. The van der Waals surface area contributed by atoms with Crippen LogP contribution in [0.1, 0.15) is 16.7 Å². The van der Waals surface area contributed by atoms with E-state index >= 15 is 0 Å². The molecule has 1 aromatic heterocycles. The van der Waals surface area contributed by atoms with Gasteiger partial charge in [0.15, 0.2) is 0 Å². The van der Waals surface area contributed by atoms with Gasteiger partial charge in [-0.1, -0.05) is 30.4 Å². The van der Waals surface area contributed by atoms with Gasteiger partial charge in [0.25, 0.3) is 0 Å². The molecule has 0 radical (unpaired) electrons. The number of rotatable bonds is 5. The third-order valence-corrected chi connectivity index (χ3v) is 3.61. The van der Waals surface area contributed by atoms with E-state index in [1.54, 1.807) is 11.3 Å². The Bertz CT molecular complexity index is 579. The molecular weight excluding hydrogens is 276 g/mol. The first-order valence-corrected chi connectivity index (χ1v) is 7.17. The second-order valence-electron chi connectivity index (χ2n) is 4.15. The molecule has 1 amide bonds. The highest BCUT2D eigenvalue weighted by Crippen LogP contribution is 2.07. The van der Waals surface area contributed by atoms with Crippen LogP contribution in [0.5, 0.6) is 0 Å². The van der Waals surface area contributed by atoms with E-state index < -0.39 is 0 Å². The minimum Gasteiger partial charge on any atom is -0.389 e. The molecule has 0 aliphatic carbocycles. The average molecular weight is 290 g/mol. The van der Waals surface area contributed by atoms with Gasteiger partial charge in [-0.15, -0.1) is 0 Å². The Balaban J connectivity index is 1.89. The SMILES string of the molecule is NC(=S)c1cccc(CNC(=O)Cc2ccsc2)c1. The lowest BCUT2D eigenvalue weighted by Crippen LogP contribution is -2.24. The zero-order chi connectivity index (χ0) is 13.7. The number of hydrogen-bond acceptors (Lipinski definition) is 3. The van der Waals surface area contributed by atoms with Crippen molar-refractivity contribution in [3.05, 3.63) is 57.8 Å². The molecule has 0 atom stereocenters. The summed E-state index contributed by atoms with van der Waals surface area (Å²) in [5.74, 6) is 0.0131. The lowest BCUT2D eigenvalue weighted by atomic mass is 10.1. The summed E-state index contributed by atoms with van der Waals surface area (Å²) in [6.45, 7) is 0.486. The van der Waals surface area contributed by atoms with E-state index in [-0.39, 0.29) is 5.91 Å². The fourth-order valence-corrected chi connectivity index (χ4v) is 2.47. The zero-order valence-corrected chi connectivity index (χ0v) is 11.9. The Kier molecular flexibility index (Phi) is 4.65. The molecule has 0 aliphatic heterocycles. The maximum atomic E-state index is 11.7. The normalized spacial score (nSPS) is 10.1. The molecule has 0 unspecified atom stereocenters. The summed E-state index contributed by atoms with van der Waals surface area (Å²) < 4.78 is 0. The first kappa shape index (κ1) is 13.7. The van der Waals surface area contributed by atoms with Gasteiger partial charge in [0.05, 0.1) is 6.42 Å². The summed E-state index contributed by atoms with van der Waals surface area (Å²) in [6.07, 6.45) is 0.415. The molecule has 5 heteroatoms. The third kappa shape index (κ3) is 4.15. The van der Waals surface area contributed by atoms with Gasteiger partial charge in [-0.05, 0) is 34.0 Å². The fraction of sp³-hybridized carbons (Fsp3) is 0.143. The zero-order valence-electron chi connectivity index (χ0n) is 10.3. The van der Waals surface area contributed by atoms with Gasteiger partial charge in [0, 0.05) is 12.1 Å². The van der Waals surface area contributed by atoms with Crippen LogP contribution in [0.3, 0.4) is 0 Å². The van der Waals surface area contributed by atoms with Crippen molar-refractivity contribution in [1.82, 2.24) is 5.32 Å². The van der Waals surface area contributed by atoms with Crippen molar-refractivity contribution < 1.29 is 4.79 Å². The monoisotopic (exact) mass is 290 g/mol. The Hall–Kier alpha value is -1.72. The molecule has 3 nitrogen and oxygen atoms in total. The smallest absolute Gasteiger partial charge is 0.224 e. The molecule has 2 rings (SSSR count). The van der Waals surface area contributed by atoms with E-state index in [1.165, 1.54) is 0 Å². The Morgan fingerprint density at radius 3 is 2.84 bits per heavy atom. The van der Waals surface area contributed by atoms with Gasteiger partial charge in [0.2, 0.25) is 5.91 Å². The van der Waals surface area contributed by atoms with E-state index in [2.05, 4.69) is 5.32 Å². The maximum absolute atomic E-state index is 11.7. The number of nitrogens with two attached hydrogens (primary N) is 1. The molecular formula is C14H14N2OS2. The summed E-state index contributed by atoms with van der Waals surface area (Å²) in [7, 11) is 0. The van der Waals surface area contributed by atoms with Gasteiger partial charge < -0.3 is 11.1 Å². The van der Waals surface area contributed by atoms with Crippen LogP contribution in [0.4, 0.5) is 0 Å². The van der Waals surface area contributed by atoms with Crippen LogP contribution in [0, 0.1) is 0 Å². The van der Waals surface area contributed by atoms with Crippen molar-refractivity contribution in [1.29, 1.82) is 0 Å². The topological polar surface area (TPSA) is 55.1 Å². The summed E-state index contributed by atoms with van der Waals surface area (Å²) >= 11 is 6.52. The van der Waals surface area contributed by atoms with Gasteiger partial charge in [-0.3, -0.25) is 4.79 Å². The highest BCUT2D eigenvalue weighted by molar-refractivity contribution is 7.80. The number of hydrogen-bond donors (Lipinski definition) is 2. The molecule has 98 valence electrons. The van der Waals surface area contributed by atoms with Gasteiger partial charge in [-0.2, -0.15) is 11.3 Å². The highest BCUT2D eigenvalue weighted by atomic mass is 32.1. The molecule has 0 spiro atoms. The third-order valence-electron chi connectivity index (χ3n) is 2.65. The van der Waals surface area contributed by atoms with E-state index in [4.69, 9.17) is 18.0 Å². The molecule has 0 saturated heterocycles. The lowest BCUT2D eigenvalue weighted by molar-refractivity contribution is -0.120. The molecule has 0 fully saturated rings. The molecule has 3 N–H and O–H groups in total. The number of thiocarbonyl (C=S) groups is 1. The molecule has 1 aromatic carbocycles. The number of nitrogens with one attached hydrogen (secondary N) is 1. The van der Waals surface area contributed by atoms with E-state index in [9.17, 15) is 4.79 Å². The van der Waals surface area contributed by atoms with Gasteiger partial charge in [0.1, 0.15) is 4.99 Å². The van der Waals surface area contributed by atoms with E-state index in [0.717, 1.165) is 16.7 Å². The van der Waals surface area contributed by atoms with Crippen molar-refractivity contribution in [2.75, 3.05) is 0 Å². The molecule has 19 heavy (non-hydrogen) atoms. The predicted molar refractivity (Wildman–Crippen MR) is 82.2 cm³/mol. The quantitative estimate of drug-likeness (QED) is 0.830. The minimum absolute atomic E-state index is 0.0131. The average Bonchev–Trinajstić information content (AvgIpc) is 2.89. The van der Waals surface area contributed by atoms with Crippen LogP contribution in [-0.4, -0.2) is 10.9 Å². The number of thiophene rings is 1. The number of amides is 1. The first-order chi connectivity index (χ1) is 9.15. The van der Waals surface area contributed by atoms with Crippen molar-refractivity contribution in [2.45, 2.75) is 13.0 Å². The van der Waals surface area contributed by atoms with Crippen LogP contribution in [0.25, 0.3) is 0 Å². The lowest BCUT2D eigenvalue weighted by Gasteiger charge is -2.06. The first-order valence-electron chi connectivity index (χ1n) is 5.81. The predicted octanol–water partition coefficient (Wildman–Crippen LogP) is 2.24. The van der Waals surface area contributed by atoms with Crippen molar-refractivity contribution in [3.63, 3.8) is 0 Å². The molecule has 0 bridgehead atoms. The van der Waals surface area contributed by atoms with Crippen molar-refractivity contribution in [2.24, 2.45) is 5.73 Å². The highest BCUT2D eigenvalue weighted by Gasteiger charge is 2.04. The Morgan fingerprint density at radius 1 is 1.32 bits per heavy atom. The van der Waals surface area contributed by atoms with Crippen LogP contribution in [0.15, 0.2) is 41.1 Å². The summed E-state index contributed by atoms with van der Waals surface area (Å²) in [5.41, 5.74) is 8.42. The van der Waals surface area contributed by atoms with Crippen LogP contribution in [0.2, 0.25) is 0 Å². The van der Waals surface area contributed by atoms with Crippen molar-refractivity contribution in [3.8, 4) is 0 Å². The van der Waals surface area contributed by atoms with Gasteiger partial charge >= 0.3 is 0 Å². The second kappa shape index (κ2) is 6.45. The molecule has 0 aliphatic rings. The van der Waals surface area contributed by atoms with Crippen LogP contribution in [-0.2, 0) is 17.8 Å². The summed E-state index contributed by atoms with van der Waals surface area (Å²) in [4.78, 5) is 12.1. The molecule has 1 heterocycles. The molecule has 2 aromatic rings. The maximum Gasteiger partial charge on any atom is 0.224 e. The van der Waals surface area contributed by atoms with Crippen LogP contribution >= 0.6 is 23.6 Å². The summed E-state index contributed by atoms with van der Waals surface area (Å²) in [5, 5.41) is 6.83.